The summed E-state index contributed by atoms with van der Waals surface area (Å²) in [4.78, 5) is 22.2. The Hall–Kier alpha value is -1.17. The molecule has 1 aliphatic heterocycles. The van der Waals surface area contributed by atoms with E-state index in [-0.39, 0.29) is 18.2 Å². The number of amides is 2. The molecule has 0 bridgehead atoms. The van der Waals surface area contributed by atoms with Gasteiger partial charge < -0.3 is 0 Å². The molecule has 0 spiro atoms. The molecule has 1 N–H and O–H groups in total. The SMILES string of the molecule is O=C1CC(=Cc2cccc(I)c2)C(=O)N1. The molecule has 0 radical (unpaired) electrons. The highest BCUT2D eigenvalue weighted by atomic mass is 127. The lowest BCUT2D eigenvalue weighted by molar-refractivity contribution is -0.124. The number of halogens is 1. The van der Waals surface area contributed by atoms with Crippen LogP contribution >= 0.6 is 22.6 Å². The van der Waals surface area contributed by atoms with Crippen LogP contribution in [0.3, 0.4) is 0 Å². The molecule has 15 heavy (non-hydrogen) atoms. The molecule has 0 aliphatic carbocycles. The van der Waals surface area contributed by atoms with Gasteiger partial charge in [-0.15, -0.1) is 0 Å². The first-order chi connectivity index (χ1) is 7.15. The monoisotopic (exact) mass is 313 g/mol. The van der Waals surface area contributed by atoms with E-state index in [2.05, 4.69) is 27.9 Å². The highest BCUT2D eigenvalue weighted by molar-refractivity contribution is 14.1. The number of benzene rings is 1. The van der Waals surface area contributed by atoms with Crippen molar-refractivity contribution < 1.29 is 9.59 Å². The minimum Gasteiger partial charge on any atom is -0.292 e. The quantitative estimate of drug-likeness (QED) is 0.487. The number of hydrogen-bond acceptors (Lipinski definition) is 2. The Kier molecular flexibility index (Phi) is 2.86. The zero-order valence-corrected chi connectivity index (χ0v) is 9.95. The van der Waals surface area contributed by atoms with E-state index in [0.29, 0.717) is 5.57 Å². The number of carbonyl (C=O) groups excluding carboxylic acids is 2. The minimum absolute atomic E-state index is 0.185. The van der Waals surface area contributed by atoms with Crippen molar-refractivity contribution >= 4 is 40.5 Å². The van der Waals surface area contributed by atoms with E-state index in [1.807, 2.05) is 24.3 Å². The van der Waals surface area contributed by atoms with Crippen LogP contribution < -0.4 is 5.32 Å². The predicted octanol–water partition coefficient (Wildman–Crippen LogP) is 1.72. The smallest absolute Gasteiger partial charge is 0.254 e. The molecule has 0 unspecified atom stereocenters. The van der Waals surface area contributed by atoms with Crippen LogP contribution in [0.1, 0.15) is 12.0 Å². The van der Waals surface area contributed by atoms with Crippen molar-refractivity contribution in [2.24, 2.45) is 0 Å². The first-order valence-electron chi connectivity index (χ1n) is 4.45. The zero-order chi connectivity index (χ0) is 10.8. The summed E-state index contributed by atoms with van der Waals surface area (Å²) < 4.78 is 1.10. The topological polar surface area (TPSA) is 46.2 Å². The van der Waals surface area contributed by atoms with Crippen molar-refractivity contribution in [3.8, 4) is 0 Å². The third kappa shape index (κ3) is 2.44. The molecule has 0 atom stereocenters. The predicted molar refractivity (Wildman–Crippen MR) is 64.9 cm³/mol. The van der Waals surface area contributed by atoms with Gasteiger partial charge in [0.25, 0.3) is 5.91 Å². The number of hydrogen-bond donors (Lipinski definition) is 1. The molecule has 1 fully saturated rings. The molecular weight excluding hydrogens is 305 g/mol. The van der Waals surface area contributed by atoms with Crippen LogP contribution in [-0.2, 0) is 9.59 Å². The summed E-state index contributed by atoms with van der Waals surface area (Å²) in [7, 11) is 0. The largest absolute Gasteiger partial charge is 0.292 e. The van der Waals surface area contributed by atoms with Crippen LogP contribution in [0.2, 0.25) is 0 Å². The standard InChI is InChI=1S/C11H8INO2/c12-9-3-1-2-7(5-9)4-8-6-10(14)13-11(8)15/h1-5H,6H2,(H,13,14,15). The van der Waals surface area contributed by atoms with Gasteiger partial charge in [-0.25, -0.2) is 0 Å². The van der Waals surface area contributed by atoms with Gasteiger partial charge in [-0.1, -0.05) is 12.1 Å². The lowest BCUT2D eigenvalue weighted by atomic mass is 10.1. The van der Waals surface area contributed by atoms with Crippen molar-refractivity contribution in [3.05, 3.63) is 39.0 Å². The van der Waals surface area contributed by atoms with E-state index in [0.717, 1.165) is 9.13 Å². The van der Waals surface area contributed by atoms with Crippen molar-refractivity contribution in [2.45, 2.75) is 6.42 Å². The Morgan fingerprint density at radius 2 is 2.13 bits per heavy atom. The van der Waals surface area contributed by atoms with Crippen LogP contribution in [0.5, 0.6) is 0 Å². The molecular formula is C11H8INO2. The highest BCUT2D eigenvalue weighted by Crippen LogP contribution is 2.16. The van der Waals surface area contributed by atoms with E-state index >= 15 is 0 Å². The maximum atomic E-state index is 11.3. The zero-order valence-electron chi connectivity index (χ0n) is 7.79. The van der Waals surface area contributed by atoms with Gasteiger partial charge >= 0.3 is 0 Å². The average molecular weight is 313 g/mol. The van der Waals surface area contributed by atoms with Crippen LogP contribution in [0.25, 0.3) is 6.08 Å². The summed E-state index contributed by atoms with van der Waals surface area (Å²) in [6.45, 7) is 0. The number of rotatable bonds is 1. The van der Waals surface area contributed by atoms with Gasteiger partial charge in [-0.2, -0.15) is 0 Å². The average Bonchev–Trinajstić information content (AvgIpc) is 2.45. The first-order valence-corrected chi connectivity index (χ1v) is 5.53. The van der Waals surface area contributed by atoms with Gasteiger partial charge in [0.2, 0.25) is 5.91 Å². The van der Waals surface area contributed by atoms with E-state index < -0.39 is 0 Å². The molecule has 1 saturated heterocycles. The molecule has 76 valence electrons. The van der Waals surface area contributed by atoms with Crippen molar-refractivity contribution in [1.29, 1.82) is 0 Å². The Bertz CT molecular complexity index is 465. The molecule has 2 rings (SSSR count). The third-order valence-electron chi connectivity index (χ3n) is 2.09. The van der Waals surface area contributed by atoms with Gasteiger partial charge in [0.15, 0.2) is 0 Å². The lowest BCUT2D eigenvalue weighted by Crippen LogP contribution is -2.19. The Labute approximate surface area is 101 Å². The minimum atomic E-state index is -0.279. The lowest BCUT2D eigenvalue weighted by Gasteiger charge is -1.96. The van der Waals surface area contributed by atoms with E-state index in [1.54, 1.807) is 6.08 Å². The number of carbonyl (C=O) groups is 2. The maximum absolute atomic E-state index is 11.3. The van der Waals surface area contributed by atoms with Gasteiger partial charge in [0.1, 0.15) is 0 Å². The number of imide groups is 1. The molecule has 1 aliphatic rings. The Morgan fingerprint density at radius 3 is 2.73 bits per heavy atom. The summed E-state index contributed by atoms with van der Waals surface area (Å²) in [5.41, 5.74) is 1.48. The molecule has 1 heterocycles. The Morgan fingerprint density at radius 1 is 1.33 bits per heavy atom. The summed E-state index contributed by atoms with van der Waals surface area (Å²) in [6.07, 6.45) is 1.94. The molecule has 3 nitrogen and oxygen atoms in total. The van der Waals surface area contributed by atoms with E-state index in [9.17, 15) is 9.59 Å². The molecule has 2 amide bonds. The van der Waals surface area contributed by atoms with E-state index in [4.69, 9.17) is 0 Å². The van der Waals surface area contributed by atoms with Crippen LogP contribution in [0, 0.1) is 3.57 Å². The fraction of sp³-hybridized carbons (Fsp3) is 0.0909. The second-order valence-electron chi connectivity index (χ2n) is 3.28. The fourth-order valence-corrected chi connectivity index (χ4v) is 1.99. The highest BCUT2D eigenvalue weighted by Gasteiger charge is 2.23. The van der Waals surface area contributed by atoms with Gasteiger partial charge in [-0.3, -0.25) is 14.9 Å². The second-order valence-corrected chi connectivity index (χ2v) is 4.52. The van der Waals surface area contributed by atoms with Crippen molar-refractivity contribution in [1.82, 2.24) is 5.32 Å². The second kappa shape index (κ2) is 4.14. The summed E-state index contributed by atoms with van der Waals surface area (Å²) in [5.74, 6) is -0.504. The van der Waals surface area contributed by atoms with Crippen LogP contribution in [0.4, 0.5) is 0 Å². The fourth-order valence-electron chi connectivity index (χ4n) is 1.42. The third-order valence-corrected chi connectivity index (χ3v) is 2.76. The molecule has 4 heteroatoms. The summed E-state index contributed by atoms with van der Waals surface area (Å²) in [6, 6.07) is 7.76. The molecule has 0 saturated carbocycles. The van der Waals surface area contributed by atoms with Crippen molar-refractivity contribution in [3.63, 3.8) is 0 Å². The van der Waals surface area contributed by atoms with Gasteiger partial charge in [-0.05, 0) is 46.4 Å². The molecule has 1 aromatic carbocycles. The maximum Gasteiger partial charge on any atom is 0.254 e. The Balaban J connectivity index is 2.31. The van der Waals surface area contributed by atoms with Gasteiger partial charge in [0, 0.05) is 9.14 Å². The van der Waals surface area contributed by atoms with Crippen molar-refractivity contribution in [2.75, 3.05) is 0 Å². The summed E-state index contributed by atoms with van der Waals surface area (Å²) in [5, 5.41) is 2.25. The van der Waals surface area contributed by atoms with Crippen LogP contribution in [-0.4, -0.2) is 11.8 Å². The normalized spacial score (nSPS) is 18.3. The van der Waals surface area contributed by atoms with Crippen LogP contribution in [0.15, 0.2) is 29.8 Å². The first kappa shape index (κ1) is 10.4. The van der Waals surface area contributed by atoms with Gasteiger partial charge in [0.05, 0.1) is 6.42 Å². The molecule has 1 aromatic rings. The molecule has 0 aromatic heterocycles. The summed E-state index contributed by atoms with van der Waals surface area (Å²) >= 11 is 2.20. The number of nitrogens with one attached hydrogen (secondary N) is 1. The van der Waals surface area contributed by atoms with E-state index in [1.165, 1.54) is 0 Å².